The monoisotopic (exact) mass is 269 g/mol. The third-order valence-corrected chi connectivity index (χ3v) is 5.41. The molecule has 2 bridgehead atoms. The zero-order valence-corrected chi connectivity index (χ0v) is 11.0. The second-order valence-electron chi connectivity index (χ2n) is 5.11. The van der Waals surface area contributed by atoms with Crippen molar-refractivity contribution in [1.29, 1.82) is 0 Å². The zero-order chi connectivity index (χ0) is 12.8. The average molecular weight is 269 g/mol. The fourth-order valence-electron chi connectivity index (χ4n) is 3.06. The third-order valence-electron chi connectivity index (χ3n) is 3.84. The Hall–Kier alpha value is -0.810. The quantitative estimate of drug-likeness (QED) is 0.895. The smallest absolute Gasteiger partial charge is 0.219 e. The number of rotatable bonds is 2. The Kier molecular flexibility index (Phi) is 2.98. The van der Waals surface area contributed by atoms with Gasteiger partial charge in [0.1, 0.15) is 5.82 Å². The first-order valence-electron chi connectivity index (χ1n) is 6.18. The molecular formula is C13H16FNO2S. The van der Waals surface area contributed by atoms with E-state index >= 15 is 0 Å². The summed E-state index contributed by atoms with van der Waals surface area (Å²) in [5, 5.41) is 11.8. The molecule has 0 aromatic carbocycles. The maximum atomic E-state index is 13.4. The standard InChI is InChI=1S/C13H16FNO2S/c1-17-12-11(4-8(14)7-15-12)13(16)5-9-2-3-10(6-13)18-9/h4,7,9-10,16H,2-3,5-6H2,1H3. The van der Waals surface area contributed by atoms with Crippen molar-refractivity contribution < 1.29 is 14.2 Å². The highest BCUT2D eigenvalue weighted by atomic mass is 32.2. The van der Waals surface area contributed by atoms with E-state index in [1.165, 1.54) is 13.2 Å². The van der Waals surface area contributed by atoms with Crippen LogP contribution in [0, 0.1) is 5.82 Å². The van der Waals surface area contributed by atoms with Crippen LogP contribution in [0.3, 0.4) is 0 Å². The molecule has 3 heterocycles. The predicted molar refractivity (Wildman–Crippen MR) is 68.3 cm³/mol. The van der Waals surface area contributed by atoms with Crippen molar-refractivity contribution in [3.05, 3.63) is 23.6 Å². The summed E-state index contributed by atoms with van der Waals surface area (Å²) in [6.45, 7) is 0. The highest BCUT2D eigenvalue weighted by molar-refractivity contribution is 8.00. The van der Waals surface area contributed by atoms with E-state index in [9.17, 15) is 9.50 Å². The van der Waals surface area contributed by atoms with Crippen LogP contribution >= 0.6 is 11.8 Å². The Morgan fingerprint density at radius 1 is 1.44 bits per heavy atom. The minimum Gasteiger partial charge on any atom is -0.481 e. The first-order valence-corrected chi connectivity index (χ1v) is 7.13. The Bertz CT molecular complexity index is 456. The van der Waals surface area contributed by atoms with Crippen LogP contribution in [-0.2, 0) is 5.60 Å². The topological polar surface area (TPSA) is 42.4 Å². The second-order valence-corrected chi connectivity index (χ2v) is 6.71. The molecule has 3 rings (SSSR count). The molecule has 1 aromatic rings. The van der Waals surface area contributed by atoms with Gasteiger partial charge >= 0.3 is 0 Å². The van der Waals surface area contributed by atoms with Gasteiger partial charge in [0.05, 0.1) is 18.9 Å². The number of hydrogen-bond acceptors (Lipinski definition) is 4. The number of halogens is 1. The number of pyridine rings is 1. The summed E-state index contributed by atoms with van der Waals surface area (Å²) < 4.78 is 18.5. The van der Waals surface area contributed by atoms with Gasteiger partial charge in [0, 0.05) is 16.1 Å². The maximum Gasteiger partial charge on any atom is 0.219 e. The lowest BCUT2D eigenvalue weighted by molar-refractivity contribution is 0.0165. The summed E-state index contributed by atoms with van der Waals surface area (Å²) in [4.78, 5) is 3.92. The maximum absolute atomic E-state index is 13.4. The molecule has 0 radical (unpaired) electrons. The summed E-state index contributed by atoms with van der Waals surface area (Å²) in [5.74, 6) is -0.0880. The van der Waals surface area contributed by atoms with Gasteiger partial charge in [0.25, 0.3) is 0 Å². The van der Waals surface area contributed by atoms with Gasteiger partial charge in [0.2, 0.25) is 5.88 Å². The van der Waals surface area contributed by atoms with Gasteiger partial charge in [-0.3, -0.25) is 0 Å². The molecule has 0 spiro atoms. The molecule has 3 nitrogen and oxygen atoms in total. The first-order chi connectivity index (χ1) is 8.60. The Morgan fingerprint density at radius 2 is 2.11 bits per heavy atom. The van der Waals surface area contributed by atoms with Gasteiger partial charge in [-0.25, -0.2) is 9.37 Å². The van der Waals surface area contributed by atoms with Gasteiger partial charge < -0.3 is 9.84 Å². The second kappa shape index (κ2) is 4.38. The number of hydrogen-bond donors (Lipinski definition) is 1. The van der Waals surface area contributed by atoms with Crippen LogP contribution in [-0.4, -0.2) is 27.7 Å². The molecule has 2 aliphatic rings. The molecule has 2 aliphatic heterocycles. The van der Waals surface area contributed by atoms with E-state index in [1.54, 1.807) is 0 Å². The van der Waals surface area contributed by atoms with E-state index < -0.39 is 11.4 Å². The van der Waals surface area contributed by atoms with E-state index in [2.05, 4.69) is 4.98 Å². The van der Waals surface area contributed by atoms with Crippen LogP contribution in [0.1, 0.15) is 31.2 Å². The van der Waals surface area contributed by atoms with E-state index in [0.29, 0.717) is 34.8 Å². The van der Waals surface area contributed by atoms with Crippen LogP contribution in [0.15, 0.2) is 12.3 Å². The Labute approximate surface area is 110 Å². The normalized spacial score (nSPS) is 34.6. The van der Waals surface area contributed by atoms with E-state index in [-0.39, 0.29) is 0 Å². The lowest BCUT2D eigenvalue weighted by Gasteiger charge is -2.36. The van der Waals surface area contributed by atoms with E-state index in [1.807, 2.05) is 11.8 Å². The molecule has 2 unspecified atom stereocenters. The summed E-state index contributed by atoms with van der Waals surface area (Å²) in [5.41, 5.74) is -0.487. The Morgan fingerprint density at radius 3 is 2.72 bits per heavy atom. The molecule has 1 aromatic heterocycles. The average Bonchev–Trinajstić information content (AvgIpc) is 2.69. The molecule has 1 N–H and O–H groups in total. The van der Waals surface area contributed by atoms with Gasteiger partial charge in [-0.05, 0) is 31.7 Å². The van der Waals surface area contributed by atoms with Gasteiger partial charge in [-0.15, -0.1) is 0 Å². The molecule has 0 amide bonds. The molecule has 98 valence electrons. The van der Waals surface area contributed by atoms with Crippen molar-refractivity contribution in [1.82, 2.24) is 4.98 Å². The molecule has 2 fully saturated rings. The molecule has 0 aliphatic carbocycles. The highest BCUT2D eigenvalue weighted by Crippen LogP contribution is 2.52. The van der Waals surface area contributed by atoms with Gasteiger partial charge in [-0.2, -0.15) is 11.8 Å². The molecule has 0 saturated carbocycles. The molecule has 2 saturated heterocycles. The molecular weight excluding hydrogens is 253 g/mol. The lowest BCUT2D eigenvalue weighted by atomic mass is 9.86. The number of fused-ring (bicyclic) bond motifs is 2. The Balaban J connectivity index is 2.00. The van der Waals surface area contributed by atoms with Crippen molar-refractivity contribution in [3.8, 4) is 5.88 Å². The summed E-state index contributed by atoms with van der Waals surface area (Å²) in [7, 11) is 1.50. The number of aliphatic hydroxyl groups is 1. The number of aromatic nitrogens is 1. The van der Waals surface area contributed by atoms with Gasteiger partial charge in [0.15, 0.2) is 0 Å². The fourth-order valence-corrected chi connectivity index (χ4v) is 4.89. The zero-order valence-electron chi connectivity index (χ0n) is 10.2. The van der Waals surface area contributed by atoms with Crippen molar-refractivity contribution in [2.45, 2.75) is 41.8 Å². The lowest BCUT2D eigenvalue weighted by Crippen LogP contribution is -2.35. The minimum atomic E-state index is -0.989. The van der Waals surface area contributed by atoms with Crippen LogP contribution in [0.2, 0.25) is 0 Å². The van der Waals surface area contributed by atoms with Crippen LogP contribution in [0.5, 0.6) is 5.88 Å². The van der Waals surface area contributed by atoms with Crippen molar-refractivity contribution in [3.63, 3.8) is 0 Å². The largest absolute Gasteiger partial charge is 0.481 e. The fraction of sp³-hybridized carbons (Fsp3) is 0.615. The van der Waals surface area contributed by atoms with Crippen LogP contribution in [0.4, 0.5) is 4.39 Å². The number of methoxy groups -OCH3 is 1. The van der Waals surface area contributed by atoms with Gasteiger partial charge in [-0.1, -0.05) is 0 Å². The van der Waals surface area contributed by atoms with E-state index in [4.69, 9.17) is 4.74 Å². The highest BCUT2D eigenvalue weighted by Gasteiger charge is 2.46. The predicted octanol–water partition coefficient (Wildman–Crippen LogP) is 2.47. The van der Waals surface area contributed by atoms with Crippen LogP contribution in [0.25, 0.3) is 0 Å². The van der Waals surface area contributed by atoms with Crippen molar-refractivity contribution in [2.24, 2.45) is 0 Å². The first kappa shape index (κ1) is 12.2. The number of thioether (sulfide) groups is 1. The number of ether oxygens (including phenoxy) is 1. The SMILES string of the molecule is COc1ncc(F)cc1C1(O)CC2CCC(C1)S2. The van der Waals surface area contributed by atoms with E-state index in [0.717, 1.165) is 19.0 Å². The summed E-state index contributed by atoms with van der Waals surface area (Å²) in [6.07, 6.45) is 4.73. The summed E-state index contributed by atoms with van der Waals surface area (Å²) in [6, 6.07) is 1.36. The molecule has 5 heteroatoms. The minimum absolute atomic E-state index is 0.338. The molecule has 2 atom stereocenters. The summed E-state index contributed by atoms with van der Waals surface area (Å²) >= 11 is 1.95. The third kappa shape index (κ3) is 1.99. The van der Waals surface area contributed by atoms with Crippen LogP contribution < -0.4 is 4.74 Å². The number of nitrogens with zero attached hydrogens (tertiary/aromatic N) is 1. The van der Waals surface area contributed by atoms with Crippen molar-refractivity contribution in [2.75, 3.05) is 7.11 Å². The van der Waals surface area contributed by atoms with Crippen molar-refractivity contribution >= 4 is 11.8 Å². The molecule has 18 heavy (non-hydrogen) atoms.